The molecule has 5 nitrogen and oxygen atoms in total. The number of hydrogen-bond donors (Lipinski definition) is 2. The highest BCUT2D eigenvalue weighted by atomic mass is 16.5. The fourth-order valence-corrected chi connectivity index (χ4v) is 2.05. The Morgan fingerprint density at radius 3 is 2.76 bits per heavy atom. The number of ether oxygens (including phenoxy) is 1. The normalized spacial score (nSPS) is 10.1. The van der Waals surface area contributed by atoms with Crippen LogP contribution in [0.25, 0.3) is 0 Å². The number of pyridine rings is 1. The van der Waals surface area contributed by atoms with Crippen LogP contribution in [-0.2, 0) is 11.2 Å². The zero-order chi connectivity index (χ0) is 15.1. The lowest BCUT2D eigenvalue weighted by molar-refractivity contribution is 0.0602. The maximum Gasteiger partial charge on any atom is 0.340 e. The van der Waals surface area contributed by atoms with Crippen molar-refractivity contribution < 1.29 is 9.53 Å². The summed E-state index contributed by atoms with van der Waals surface area (Å²) in [7, 11) is 1.33. The van der Waals surface area contributed by atoms with Crippen LogP contribution in [0.2, 0.25) is 0 Å². The van der Waals surface area contributed by atoms with Gasteiger partial charge in [0.1, 0.15) is 5.82 Å². The molecule has 110 valence electrons. The van der Waals surface area contributed by atoms with E-state index in [-0.39, 0.29) is 0 Å². The second kappa shape index (κ2) is 7.28. The molecule has 1 aromatic heterocycles. The Balaban J connectivity index is 1.90. The zero-order valence-electron chi connectivity index (χ0n) is 12.0. The van der Waals surface area contributed by atoms with Gasteiger partial charge in [-0.05, 0) is 24.5 Å². The maximum absolute atomic E-state index is 11.5. The van der Waals surface area contributed by atoms with Crippen molar-refractivity contribution in [1.29, 1.82) is 0 Å². The Labute approximate surface area is 124 Å². The average molecular weight is 285 g/mol. The van der Waals surface area contributed by atoms with Gasteiger partial charge in [0, 0.05) is 12.7 Å². The molecule has 21 heavy (non-hydrogen) atoms. The average Bonchev–Trinajstić information content (AvgIpc) is 2.53. The Bertz CT molecular complexity index is 600. The molecular weight excluding hydrogens is 266 g/mol. The molecule has 0 aliphatic carbocycles. The summed E-state index contributed by atoms with van der Waals surface area (Å²) in [6.45, 7) is 0.733. The van der Waals surface area contributed by atoms with Crippen LogP contribution in [0, 0.1) is 0 Å². The molecule has 5 heteroatoms. The van der Waals surface area contributed by atoms with Crippen molar-refractivity contribution in [3.63, 3.8) is 0 Å². The lowest BCUT2D eigenvalue weighted by Gasteiger charge is -2.10. The molecular formula is C16H19N3O2. The van der Waals surface area contributed by atoms with E-state index in [1.807, 2.05) is 18.2 Å². The maximum atomic E-state index is 11.5. The summed E-state index contributed by atoms with van der Waals surface area (Å²) in [5.41, 5.74) is 7.88. The standard InChI is InChI=1S/C16H19N3O2/c1-21-16(20)13-9-11-19-15(14(13)17)18-10-5-8-12-6-3-2-4-7-12/h2-4,6-7,9,11H,5,8,10,17H2,1H3,(H,18,19). The number of nitrogens with zero attached hydrogens (tertiary/aromatic N) is 1. The first-order valence-electron chi connectivity index (χ1n) is 6.83. The summed E-state index contributed by atoms with van der Waals surface area (Å²) in [5.74, 6) is 0.0631. The second-order valence-electron chi connectivity index (χ2n) is 4.63. The molecule has 3 N–H and O–H groups in total. The molecule has 0 spiro atoms. The molecule has 0 bridgehead atoms. The minimum absolute atomic E-state index is 0.323. The second-order valence-corrected chi connectivity index (χ2v) is 4.63. The van der Waals surface area contributed by atoms with E-state index < -0.39 is 5.97 Å². The first kappa shape index (κ1) is 14.8. The van der Waals surface area contributed by atoms with E-state index in [0.717, 1.165) is 19.4 Å². The summed E-state index contributed by atoms with van der Waals surface area (Å²) >= 11 is 0. The van der Waals surface area contributed by atoms with Gasteiger partial charge in [-0.15, -0.1) is 0 Å². The molecule has 0 aliphatic rings. The van der Waals surface area contributed by atoms with Gasteiger partial charge in [-0.1, -0.05) is 30.3 Å². The molecule has 0 aliphatic heterocycles. The minimum Gasteiger partial charge on any atom is -0.465 e. The van der Waals surface area contributed by atoms with E-state index in [1.54, 1.807) is 12.3 Å². The predicted octanol–water partition coefficient (Wildman–Crippen LogP) is 2.50. The molecule has 0 unspecified atom stereocenters. The lowest BCUT2D eigenvalue weighted by Crippen LogP contribution is -2.11. The van der Waals surface area contributed by atoms with Gasteiger partial charge in [-0.3, -0.25) is 0 Å². The van der Waals surface area contributed by atoms with Crippen LogP contribution in [0.1, 0.15) is 22.3 Å². The molecule has 2 aromatic rings. The number of methoxy groups -OCH3 is 1. The third kappa shape index (κ3) is 3.95. The number of rotatable bonds is 6. The van der Waals surface area contributed by atoms with Crippen molar-refractivity contribution in [1.82, 2.24) is 4.98 Å². The summed E-state index contributed by atoms with van der Waals surface area (Å²) in [5, 5.41) is 3.16. The summed E-state index contributed by atoms with van der Waals surface area (Å²) < 4.78 is 4.68. The van der Waals surface area contributed by atoms with Gasteiger partial charge in [-0.2, -0.15) is 0 Å². The van der Waals surface area contributed by atoms with Crippen molar-refractivity contribution in [2.45, 2.75) is 12.8 Å². The molecule has 0 fully saturated rings. The fraction of sp³-hybridized carbons (Fsp3) is 0.250. The van der Waals surface area contributed by atoms with Crippen LogP contribution in [0.3, 0.4) is 0 Å². The van der Waals surface area contributed by atoms with Crippen LogP contribution in [0.5, 0.6) is 0 Å². The van der Waals surface area contributed by atoms with E-state index in [1.165, 1.54) is 12.7 Å². The number of carbonyl (C=O) groups is 1. The van der Waals surface area contributed by atoms with Crippen LogP contribution < -0.4 is 11.1 Å². The minimum atomic E-state index is -0.456. The van der Waals surface area contributed by atoms with E-state index in [4.69, 9.17) is 5.73 Å². The van der Waals surface area contributed by atoms with E-state index in [2.05, 4.69) is 27.2 Å². The number of nitrogens with two attached hydrogens (primary N) is 1. The Hall–Kier alpha value is -2.56. The summed E-state index contributed by atoms with van der Waals surface area (Å²) in [6.07, 6.45) is 3.47. The topological polar surface area (TPSA) is 77.2 Å². The lowest BCUT2D eigenvalue weighted by atomic mass is 10.1. The highest BCUT2D eigenvalue weighted by molar-refractivity contribution is 5.97. The third-order valence-electron chi connectivity index (χ3n) is 3.17. The van der Waals surface area contributed by atoms with Crippen LogP contribution >= 0.6 is 0 Å². The van der Waals surface area contributed by atoms with Gasteiger partial charge in [-0.25, -0.2) is 9.78 Å². The van der Waals surface area contributed by atoms with Gasteiger partial charge in [0.25, 0.3) is 0 Å². The number of benzene rings is 1. The van der Waals surface area contributed by atoms with E-state index in [9.17, 15) is 4.79 Å². The first-order chi connectivity index (χ1) is 10.2. The predicted molar refractivity (Wildman–Crippen MR) is 83.2 cm³/mol. The smallest absolute Gasteiger partial charge is 0.340 e. The van der Waals surface area contributed by atoms with Crippen molar-refractivity contribution in [3.05, 3.63) is 53.7 Å². The van der Waals surface area contributed by atoms with E-state index in [0.29, 0.717) is 17.1 Å². The van der Waals surface area contributed by atoms with Gasteiger partial charge in [0.05, 0.1) is 18.4 Å². The molecule has 0 amide bonds. The molecule has 0 radical (unpaired) electrons. The first-order valence-corrected chi connectivity index (χ1v) is 6.83. The molecule has 1 aromatic carbocycles. The number of esters is 1. The van der Waals surface area contributed by atoms with Crippen molar-refractivity contribution in [2.24, 2.45) is 0 Å². The molecule has 1 heterocycles. The number of nitrogens with one attached hydrogen (secondary N) is 1. The largest absolute Gasteiger partial charge is 0.465 e. The van der Waals surface area contributed by atoms with Crippen molar-refractivity contribution in [2.75, 3.05) is 24.7 Å². The van der Waals surface area contributed by atoms with Gasteiger partial charge in [0.2, 0.25) is 0 Å². The Morgan fingerprint density at radius 1 is 1.29 bits per heavy atom. The summed E-state index contributed by atoms with van der Waals surface area (Å²) in [6, 6.07) is 11.8. The number of nitrogen functional groups attached to an aromatic ring is 1. The fourth-order valence-electron chi connectivity index (χ4n) is 2.05. The highest BCUT2D eigenvalue weighted by Gasteiger charge is 2.13. The Morgan fingerprint density at radius 2 is 2.05 bits per heavy atom. The quantitative estimate of drug-likeness (QED) is 0.630. The molecule has 0 saturated carbocycles. The molecule has 2 rings (SSSR count). The zero-order valence-corrected chi connectivity index (χ0v) is 12.0. The van der Waals surface area contributed by atoms with Gasteiger partial charge in [0.15, 0.2) is 0 Å². The van der Waals surface area contributed by atoms with Crippen LogP contribution in [0.15, 0.2) is 42.6 Å². The number of carbonyl (C=O) groups excluding carboxylic acids is 1. The number of aryl methyl sites for hydroxylation is 1. The van der Waals surface area contributed by atoms with E-state index >= 15 is 0 Å². The number of anilines is 2. The van der Waals surface area contributed by atoms with Crippen molar-refractivity contribution >= 4 is 17.5 Å². The molecule has 0 atom stereocenters. The van der Waals surface area contributed by atoms with Gasteiger partial charge >= 0.3 is 5.97 Å². The number of hydrogen-bond acceptors (Lipinski definition) is 5. The van der Waals surface area contributed by atoms with Crippen LogP contribution in [0.4, 0.5) is 11.5 Å². The SMILES string of the molecule is COC(=O)c1ccnc(NCCCc2ccccc2)c1N. The highest BCUT2D eigenvalue weighted by Crippen LogP contribution is 2.20. The third-order valence-corrected chi connectivity index (χ3v) is 3.17. The van der Waals surface area contributed by atoms with Crippen LogP contribution in [-0.4, -0.2) is 24.6 Å². The number of aromatic nitrogens is 1. The Kier molecular flexibility index (Phi) is 5.15. The van der Waals surface area contributed by atoms with Gasteiger partial charge < -0.3 is 15.8 Å². The summed E-state index contributed by atoms with van der Waals surface area (Å²) in [4.78, 5) is 15.7. The van der Waals surface area contributed by atoms with Crippen molar-refractivity contribution in [3.8, 4) is 0 Å². The monoisotopic (exact) mass is 285 g/mol. The molecule has 0 saturated heterocycles.